The van der Waals surface area contributed by atoms with Crippen LogP contribution in [-0.4, -0.2) is 49.4 Å². The molecule has 22 heavy (non-hydrogen) atoms. The van der Waals surface area contributed by atoms with Crippen molar-refractivity contribution >= 4 is 31.9 Å². The highest BCUT2D eigenvalue weighted by Gasteiger charge is 2.37. The van der Waals surface area contributed by atoms with Crippen LogP contribution in [0.15, 0.2) is 22.7 Å². The maximum Gasteiger partial charge on any atom is 0.241 e. The minimum atomic E-state index is -3.41. The van der Waals surface area contributed by atoms with Crippen LogP contribution in [0.5, 0.6) is 0 Å². The molecule has 0 N–H and O–H groups in total. The minimum absolute atomic E-state index is 0.0954. The summed E-state index contributed by atoms with van der Waals surface area (Å²) in [5.41, 5.74) is 0.383. The number of halogens is 2. The second-order valence-corrected chi connectivity index (χ2v) is 8.31. The van der Waals surface area contributed by atoms with E-state index < -0.39 is 21.9 Å². The van der Waals surface area contributed by atoms with E-state index in [0.29, 0.717) is 24.9 Å². The van der Waals surface area contributed by atoms with Crippen molar-refractivity contribution in [1.82, 2.24) is 9.21 Å². The fourth-order valence-electron chi connectivity index (χ4n) is 2.64. The molecule has 122 valence electrons. The molecule has 0 bridgehead atoms. The zero-order valence-corrected chi connectivity index (χ0v) is 14.8. The van der Waals surface area contributed by atoms with E-state index in [-0.39, 0.29) is 12.5 Å². The molecule has 1 atom stereocenters. The summed E-state index contributed by atoms with van der Waals surface area (Å²) < 4.78 is 39.2. The lowest BCUT2D eigenvalue weighted by Crippen LogP contribution is -2.46. The van der Waals surface area contributed by atoms with Crippen molar-refractivity contribution in [2.75, 3.05) is 19.8 Å². The summed E-state index contributed by atoms with van der Waals surface area (Å²) >= 11 is 3.27. The van der Waals surface area contributed by atoms with Crippen molar-refractivity contribution in [2.24, 2.45) is 0 Å². The summed E-state index contributed by atoms with van der Waals surface area (Å²) in [5, 5.41) is 0. The van der Waals surface area contributed by atoms with E-state index in [4.69, 9.17) is 0 Å². The normalized spacial score (nSPS) is 19.4. The van der Waals surface area contributed by atoms with E-state index >= 15 is 0 Å². The average Bonchev–Trinajstić information content (AvgIpc) is 2.91. The third-order valence-electron chi connectivity index (χ3n) is 3.71. The second kappa shape index (κ2) is 6.64. The molecular weight excluding hydrogens is 375 g/mol. The van der Waals surface area contributed by atoms with Crippen LogP contribution in [-0.2, 0) is 21.4 Å². The van der Waals surface area contributed by atoms with E-state index in [9.17, 15) is 17.6 Å². The Morgan fingerprint density at radius 1 is 1.50 bits per heavy atom. The van der Waals surface area contributed by atoms with Crippen molar-refractivity contribution in [3.63, 3.8) is 0 Å². The van der Waals surface area contributed by atoms with Gasteiger partial charge in [-0.2, -0.15) is 4.31 Å². The summed E-state index contributed by atoms with van der Waals surface area (Å²) in [6.07, 6.45) is 2.26. The largest absolute Gasteiger partial charge is 0.340 e. The van der Waals surface area contributed by atoms with Crippen molar-refractivity contribution in [3.8, 4) is 0 Å². The maximum atomic E-state index is 13.8. The van der Waals surface area contributed by atoms with Crippen molar-refractivity contribution in [1.29, 1.82) is 0 Å². The Kier molecular flexibility index (Phi) is 5.24. The summed E-state index contributed by atoms with van der Waals surface area (Å²) in [4.78, 5) is 13.9. The van der Waals surface area contributed by atoms with Gasteiger partial charge >= 0.3 is 0 Å². The van der Waals surface area contributed by atoms with E-state index in [0.717, 1.165) is 10.7 Å². The van der Waals surface area contributed by atoms with Gasteiger partial charge in [-0.1, -0.05) is 15.9 Å². The van der Waals surface area contributed by atoms with Gasteiger partial charge in [0.05, 0.1) is 6.26 Å². The molecule has 1 aliphatic rings. The van der Waals surface area contributed by atoms with E-state index in [1.807, 2.05) is 0 Å². The van der Waals surface area contributed by atoms with Gasteiger partial charge < -0.3 is 4.90 Å². The lowest BCUT2D eigenvalue weighted by molar-refractivity contribution is -0.133. The maximum absolute atomic E-state index is 13.8. The standard InChI is InChI=1S/C14H18BrFN2O3S/c1-17(9-10-8-11(15)5-6-12(10)16)14(19)13-4-3-7-18(13)22(2,20)21/h5-6,8,13H,3-4,7,9H2,1-2H3. The number of sulfonamides is 1. The van der Waals surface area contributed by atoms with Crippen molar-refractivity contribution in [2.45, 2.75) is 25.4 Å². The van der Waals surface area contributed by atoms with Gasteiger partial charge in [0.15, 0.2) is 0 Å². The van der Waals surface area contributed by atoms with E-state index in [1.54, 1.807) is 19.2 Å². The number of carbonyl (C=O) groups is 1. The highest BCUT2D eigenvalue weighted by atomic mass is 79.9. The molecule has 0 saturated carbocycles. The average molecular weight is 393 g/mol. The molecule has 1 saturated heterocycles. The molecule has 1 aromatic rings. The molecule has 0 radical (unpaired) electrons. The number of rotatable bonds is 4. The van der Waals surface area contributed by atoms with Crippen LogP contribution in [0.3, 0.4) is 0 Å². The number of nitrogens with zero attached hydrogens (tertiary/aromatic N) is 2. The van der Waals surface area contributed by atoms with E-state index in [2.05, 4.69) is 15.9 Å². The molecule has 1 amide bonds. The van der Waals surface area contributed by atoms with Crippen LogP contribution in [0.4, 0.5) is 4.39 Å². The number of benzene rings is 1. The lowest BCUT2D eigenvalue weighted by atomic mass is 10.1. The Bertz CT molecular complexity index is 681. The van der Waals surface area contributed by atoms with Crippen LogP contribution >= 0.6 is 15.9 Å². The quantitative estimate of drug-likeness (QED) is 0.786. The van der Waals surface area contributed by atoms with Crippen LogP contribution in [0.2, 0.25) is 0 Å². The SMILES string of the molecule is CN(Cc1cc(Br)ccc1F)C(=O)C1CCCN1S(C)(=O)=O. The minimum Gasteiger partial charge on any atom is -0.340 e. The molecule has 1 fully saturated rings. The lowest BCUT2D eigenvalue weighted by Gasteiger charge is -2.26. The molecule has 0 aliphatic carbocycles. The molecule has 0 aromatic heterocycles. The molecule has 8 heteroatoms. The molecule has 1 unspecified atom stereocenters. The number of hydrogen-bond acceptors (Lipinski definition) is 3. The zero-order valence-electron chi connectivity index (χ0n) is 12.4. The van der Waals surface area contributed by atoms with Crippen molar-refractivity contribution in [3.05, 3.63) is 34.1 Å². The van der Waals surface area contributed by atoms with Crippen molar-refractivity contribution < 1.29 is 17.6 Å². The highest BCUT2D eigenvalue weighted by Crippen LogP contribution is 2.23. The summed E-state index contributed by atoms with van der Waals surface area (Å²) in [6.45, 7) is 0.451. The third kappa shape index (κ3) is 3.85. The Balaban J connectivity index is 2.14. The van der Waals surface area contributed by atoms with Gasteiger partial charge in [-0.15, -0.1) is 0 Å². The predicted molar refractivity (Wildman–Crippen MR) is 85.1 cm³/mol. The first-order valence-corrected chi connectivity index (χ1v) is 9.50. The Morgan fingerprint density at radius 2 is 2.18 bits per heavy atom. The number of likely N-dealkylation sites (N-methyl/N-ethyl adjacent to an activating group) is 1. The van der Waals surface area contributed by atoms with Gasteiger partial charge in [0, 0.05) is 30.2 Å². The zero-order chi connectivity index (χ0) is 16.5. The number of amides is 1. The topological polar surface area (TPSA) is 57.7 Å². The first kappa shape index (κ1) is 17.4. The predicted octanol–water partition coefficient (Wildman–Crippen LogP) is 1.97. The molecule has 2 rings (SSSR count). The summed E-state index contributed by atoms with van der Waals surface area (Å²) in [6, 6.07) is 3.84. The molecule has 0 spiro atoms. The monoisotopic (exact) mass is 392 g/mol. The van der Waals surface area contributed by atoms with Crippen LogP contribution < -0.4 is 0 Å². The van der Waals surface area contributed by atoms with Crippen LogP contribution in [0.25, 0.3) is 0 Å². The Morgan fingerprint density at radius 3 is 2.82 bits per heavy atom. The first-order chi connectivity index (χ1) is 10.2. The molecular formula is C14H18BrFN2O3S. The smallest absolute Gasteiger partial charge is 0.241 e. The molecule has 1 aliphatic heterocycles. The first-order valence-electron chi connectivity index (χ1n) is 6.86. The Labute approximate surface area is 138 Å². The Hall–Kier alpha value is -0.990. The number of carbonyl (C=O) groups excluding carboxylic acids is 1. The third-order valence-corrected chi connectivity index (χ3v) is 5.49. The van der Waals surface area contributed by atoms with Gasteiger partial charge in [-0.25, -0.2) is 12.8 Å². The van der Waals surface area contributed by atoms with E-state index in [1.165, 1.54) is 15.3 Å². The molecule has 1 heterocycles. The molecule has 1 aromatic carbocycles. The fourth-order valence-corrected chi connectivity index (χ4v) is 4.16. The van der Waals surface area contributed by atoms with Gasteiger partial charge in [0.1, 0.15) is 11.9 Å². The number of hydrogen-bond donors (Lipinski definition) is 0. The molecule has 5 nitrogen and oxygen atoms in total. The van der Waals surface area contributed by atoms with Crippen LogP contribution in [0.1, 0.15) is 18.4 Å². The van der Waals surface area contributed by atoms with Gasteiger partial charge in [0.25, 0.3) is 0 Å². The highest BCUT2D eigenvalue weighted by molar-refractivity contribution is 9.10. The summed E-state index contributed by atoms with van der Waals surface area (Å²) in [7, 11) is -1.86. The van der Waals surface area contributed by atoms with Gasteiger partial charge in [-0.3, -0.25) is 4.79 Å². The van der Waals surface area contributed by atoms with Crippen LogP contribution in [0, 0.1) is 5.82 Å². The van der Waals surface area contributed by atoms with Gasteiger partial charge in [-0.05, 0) is 31.0 Å². The van der Waals surface area contributed by atoms with Gasteiger partial charge in [0.2, 0.25) is 15.9 Å². The second-order valence-electron chi connectivity index (χ2n) is 5.46. The fraction of sp³-hybridized carbons (Fsp3) is 0.500. The summed E-state index contributed by atoms with van der Waals surface area (Å²) in [5.74, 6) is -0.698.